The Morgan fingerprint density at radius 1 is 1.21 bits per heavy atom. The molecule has 0 aliphatic carbocycles. The monoisotopic (exact) mass is 465 g/mol. The number of nitrogens with zero attached hydrogens (tertiary/aromatic N) is 4. The molecule has 0 bridgehead atoms. The summed E-state index contributed by atoms with van der Waals surface area (Å²) in [6.45, 7) is 2.29. The van der Waals surface area contributed by atoms with Crippen LogP contribution in [0.4, 0.5) is 11.4 Å². The van der Waals surface area contributed by atoms with E-state index in [0.29, 0.717) is 29.8 Å². The number of hydrogen-bond acceptors (Lipinski definition) is 7. The Kier molecular flexibility index (Phi) is 6.12. The first kappa shape index (κ1) is 22.4. The molecule has 0 saturated heterocycles. The van der Waals surface area contributed by atoms with Gasteiger partial charge in [0, 0.05) is 36.2 Å². The second-order valence-corrected chi connectivity index (χ2v) is 9.15. The summed E-state index contributed by atoms with van der Waals surface area (Å²) >= 11 is 0. The van der Waals surface area contributed by atoms with Crippen molar-refractivity contribution in [2.24, 2.45) is 0 Å². The zero-order valence-electron chi connectivity index (χ0n) is 18.4. The molecule has 0 unspecified atom stereocenters. The summed E-state index contributed by atoms with van der Waals surface area (Å²) in [6, 6.07) is 11.8. The van der Waals surface area contributed by atoms with Gasteiger partial charge in [-0.1, -0.05) is 6.07 Å². The molecule has 1 aromatic carbocycles. The van der Waals surface area contributed by atoms with Gasteiger partial charge in [0.15, 0.2) is 0 Å². The molecule has 10 heteroatoms. The number of benzene rings is 1. The van der Waals surface area contributed by atoms with Crippen LogP contribution in [0.1, 0.15) is 11.3 Å². The maximum absolute atomic E-state index is 13.4. The van der Waals surface area contributed by atoms with Gasteiger partial charge < -0.3 is 10.1 Å². The molecule has 170 valence electrons. The molecule has 0 fully saturated rings. The molecule has 33 heavy (non-hydrogen) atoms. The second-order valence-electron chi connectivity index (χ2n) is 7.33. The summed E-state index contributed by atoms with van der Waals surface area (Å²) in [7, 11) is -0.644. The van der Waals surface area contributed by atoms with Crippen molar-refractivity contribution in [3.63, 3.8) is 0 Å². The average Bonchev–Trinajstić information content (AvgIpc) is 3.20. The molecule has 0 aliphatic rings. The highest BCUT2D eigenvalue weighted by Gasteiger charge is 2.23. The highest BCUT2D eigenvalue weighted by atomic mass is 32.2. The largest absolute Gasteiger partial charge is 0.479 e. The standard InChI is InChI=1S/C23H23N5O4S/c1-16-6-9-21(23(26-16)32-3)27(15-29)18-7-8-20-17(12-24-2)14-28(22(20)11-18)33(30,31)19-5-4-10-25-13-19/h4-11,13-15,24H,12H2,1-3H3. The Morgan fingerprint density at radius 2 is 2.03 bits per heavy atom. The van der Waals surface area contributed by atoms with Crippen molar-refractivity contribution >= 4 is 38.7 Å². The van der Waals surface area contributed by atoms with E-state index in [-0.39, 0.29) is 10.8 Å². The van der Waals surface area contributed by atoms with Crippen LogP contribution in [0.25, 0.3) is 10.9 Å². The number of amides is 1. The first-order chi connectivity index (χ1) is 15.9. The van der Waals surface area contributed by atoms with Crippen LogP contribution >= 0.6 is 0 Å². The molecule has 4 aromatic rings. The van der Waals surface area contributed by atoms with Crippen LogP contribution < -0.4 is 15.0 Å². The van der Waals surface area contributed by atoms with Crippen molar-refractivity contribution in [3.05, 3.63) is 72.3 Å². The molecule has 3 heterocycles. The van der Waals surface area contributed by atoms with Crippen molar-refractivity contribution in [2.75, 3.05) is 19.1 Å². The van der Waals surface area contributed by atoms with Crippen LogP contribution in [0.15, 0.2) is 66.0 Å². The van der Waals surface area contributed by atoms with Gasteiger partial charge >= 0.3 is 0 Å². The van der Waals surface area contributed by atoms with Crippen LogP contribution in [0.5, 0.6) is 5.88 Å². The van der Waals surface area contributed by atoms with E-state index in [2.05, 4.69) is 15.3 Å². The summed E-state index contributed by atoms with van der Waals surface area (Å²) in [6.07, 6.45) is 5.06. The molecule has 4 rings (SSSR count). The maximum Gasteiger partial charge on any atom is 0.269 e. The molecule has 0 aliphatic heterocycles. The Morgan fingerprint density at radius 3 is 2.70 bits per heavy atom. The number of rotatable bonds is 8. The van der Waals surface area contributed by atoms with Gasteiger partial charge in [-0.15, -0.1) is 0 Å². The van der Waals surface area contributed by atoms with Crippen molar-refractivity contribution < 1.29 is 17.9 Å². The lowest BCUT2D eigenvalue weighted by Crippen LogP contribution is -2.16. The quantitative estimate of drug-likeness (QED) is 0.399. The normalized spacial score (nSPS) is 11.5. The second kappa shape index (κ2) is 9.00. The SMILES string of the molecule is CNCc1cn(S(=O)(=O)c2cccnc2)c2cc(N(C=O)c3ccc(C)nc3OC)ccc12. The Hall–Kier alpha value is -3.76. The Bertz CT molecular complexity index is 1420. The summed E-state index contributed by atoms with van der Waals surface area (Å²) < 4.78 is 33.4. The number of methoxy groups -OCH3 is 1. The van der Waals surface area contributed by atoms with Gasteiger partial charge in [-0.25, -0.2) is 17.4 Å². The van der Waals surface area contributed by atoms with Crippen molar-refractivity contribution in [3.8, 4) is 5.88 Å². The Balaban J connectivity index is 1.93. The number of pyridine rings is 2. The fraction of sp³-hybridized carbons (Fsp3) is 0.174. The fourth-order valence-electron chi connectivity index (χ4n) is 3.66. The third kappa shape index (κ3) is 4.06. The van der Waals surface area contributed by atoms with Crippen molar-refractivity contribution in [1.82, 2.24) is 19.3 Å². The van der Waals surface area contributed by atoms with Gasteiger partial charge in [-0.05, 0) is 55.9 Å². The number of fused-ring (bicyclic) bond motifs is 1. The number of nitrogens with one attached hydrogen (secondary N) is 1. The lowest BCUT2D eigenvalue weighted by molar-refractivity contribution is -0.106. The predicted octanol–water partition coefficient (Wildman–Crippen LogP) is 3.00. The zero-order chi connectivity index (χ0) is 23.6. The maximum atomic E-state index is 13.4. The minimum Gasteiger partial charge on any atom is -0.479 e. The minimum absolute atomic E-state index is 0.0694. The van der Waals surface area contributed by atoms with E-state index in [1.54, 1.807) is 49.6 Å². The lowest BCUT2D eigenvalue weighted by atomic mass is 10.1. The van der Waals surface area contributed by atoms with E-state index >= 15 is 0 Å². The first-order valence-corrected chi connectivity index (χ1v) is 11.5. The van der Waals surface area contributed by atoms with Gasteiger partial charge in [0.25, 0.3) is 10.0 Å². The molecule has 1 N–H and O–H groups in total. The highest BCUT2D eigenvalue weighted by molar-refractivity contribution is 7.90. The van der Waals surface area contributed by atoms with E-state index in [9.17, 15) is 13.2 Å². The van der Waals surface area contributed by atoms with Crippen molar-refractivity contribution in [2.45, 2.75) is 18.4 Å². The number of hydrogen-bond donors (Lipinski definition) is 1. The number of carbonyl (C=O) groups is 1. The lowest BCUT2D eigenvalue weighted by Gasteiger charge is -2.20. The van der Waals surface area contributed by atoms with Crippen LogP contribution in [-0.2, 0) is 21.4 Å². The third-order valence-electron chi connectivity index (χ3n) is 5.21. The molecule has 3 aromatic heterocycles. The van der Waals surface area contributed by atoms with Crippen LogP contribution in [0.2, 0.25) is 0 Å². The van der Waals surface area contributed by atoms with E-state index in [0.717, 1.165) is 16.6 Å². The number of aromatic nitrogens is 3. The van der Waals surface area contributed by atoms with Gasteiger partial charge in [0.2, 0.25) is 12.3 Å². The van der Waals surface area contributed by atoms with Gasteiger partial charge in [0.05, 0.1) is 18.3 Å². The summed E-state index contributed by atoms with van der Waals surface area (Å²) in [5, 5.41) is 3.81. The zero-order valence-corrected chi connectivity index (χ0v) is 19.2. The molecule has 0 spiro atoms. The fourth-order valence-corrected chi connectivity index (χ4v) is 5.01. The Labute approximate surface area is 191 Å². The number of anilines is 2. The van der Waals surface area contributed by atoms with Crippen LogP contribution in [0.3, 0.4) is 0 Å². The molecule has 1 amide bonds. The van der Waals surface area contributed by atoms with E-state index in [1.807, 2.05) is 6.92 Å². The predicted molar refractivity (Wildman–Crippen MR) is 125 cm³/mol. The van der Waals surface area contributed by atoms with E-state index in [1.165, 1.54) is 34.4 Å². The average molecular weight is 466 g/mol. The smallest absolute Gasteiger partial charge is 0.269 e. The van der Waals surface area contributed by atoms with E-state index < -0.39 is 10.0 Å². The highest BCUT2D eigenvalue weighted by Crippen LogP contribution is 2.35. The van der Waals surface area contributed by atoms with Crippen molar-refractivity contribution in [1.29, 1.82) is 0 Å². The molecular weight excluding hydrogens is 442 g/mol. The third-order valence-corrected chi connectivity index (χ3v) is 6.87. The van der Waals surface area contributed by atoms with E-state index in [4.69, 9.17) is 4.74 Å². The molecule has 9 nitrogen and oxygen atoms in total. The van der Waals surface area contributed by atoms with Crippen LogP contribution in [-0.4, -0.2) is 42.9 Å². The van der Waals surface area contributed by atoms with Gasteiger partial charge in [0.1, 0.15) is 10.6 Å². The van der Waals surface area contributed by atoms with Gasteiger partial charge in [-0.2, -0.15) is 0 Å². The summed E-state index contributed by atoms with van der Waals surface area (Å²) in [4.78, 5) is 21.8. The minimum atomic E-state index is -3.91. The molecule has 0 radical (unpaired) electrons. The van der Waals surface area contributed by atoms with Crippen LogP contribution in [0, 0.1) is 6.92 Å². The molecule has 0 saturated carbocycles. The molecule has 0 atom stereocenters. The summed E-state index contributed by atoms with van der Waals surface area (Å²) in [5.74, 6) is 0.288. The molecular formula is C23H23N5O4S. The first-order valence-electron chi connectivity index (χ1n) is 10.1. The number of aryl methyl sites for hydroxylation is 1. The topological polar surface area (TPSA) is 106 Å². The number of ether oxygens (including phenoxy) is 1. The van der Waals surface area contributed by atoms with Gasteiger partial charge in [-0.3, -0.25) is 14.7 Å². The number of carbonyl (C=O) groups excluding carboxylic acids is 1. The summed E-state index contributed by atoms with van der Waals surface area (Å²) in [5.41, 5.74) is 2.90.